The zero-order valence-corrected chi connectivity index (χ0v) is 12.9. The fourth-order valence-electron chi connectivity index (χ4n) is 1.78. The molecule has 0 bridgehead atoms. The number of halogens is 5. The summed E-state index contributed by atoms with van der Waals surface area (Å²) in [4.78, 5) is 20.7. The number of aldehydes is 1. The zero-order chi connectivity index (χ0) is 18.1. The van der Waals surface area contributed by atoms with Crippen molar-refractivity contribution in [1.29, 1.82) is 0 Å². The van der Waals surface area contributed by atoms with Crippen molar-refractivity contribution in [2.75, 3.05) is 0 Å². The van der Waals surface area contributed by atoms with E-state index in [1.165, 1.54) is 12.1 Å². The Kier molecular flexibility index (Phi) is 5.00. The highest BCUT2D eigenvalue weighted by Crippen LogP contribution is 2.42. The molecule has 0 heterocycles. The lowest BCUT2D eigenvalue weighted by molar-refractivity contribution is -0.385. The monoisotopic (exact) mass is 379 g/mol. The molecule has 0 saturated carbocycles. The number of ether oxygens (including phenoxy) is 1. The second-order valence-corrected chi connectivity index (χ2v) is 5.29. The second-order valence-electron chi connectivity index (χ2n) is 4.47. The van der Waals surface area contributed by atoms with Gasteiger partial charge in [0.15, 0.2) is 5.75 Å². The Morgan fingerprint density at radius 3 is 2.17 bits per heavy atom. The van der Waals surface area contributed by atoms with E-state index in [4.69, 9.17) is 27.9 Å². The van der Waals surface area contributed by atoms with E-state index in [-0.39, 0.29) is 21.4 Å². The minimum Gasteiger partial charge on any atom is -0.447 e. The van der Waals surface area contributed by atoms with E-state index in [0.717, 1.165) is 6.07 Å². The highest BCUT2D eigenvalue weighted by atomic mass is 35.5. The average molecular weight is 380 g/mol. The predicted octanol–water partition coefficient (Wildman–Crippen LogP) is 5.53. The molecule has 0 saturated heterocycles. The van der Waals surface area contributed by atoms with Gasteiger partial charge in [-0.2, -0.15) is 13.2 Å². The van der Waals surface area contributed by atoms with Gasteiger partial charge in [0, 0.05) is 11.6 Å². The molecule has 0 N–H and O–H groups in total. The van der Waals surface area contributed by atoms with Crippen LogP contribution < -0.4 is 4.74 Å². The summed E-state index contributed by atoms with van der Waals surface area (Å²) in [6.45, 7) is 0. The van der Waals surface area contributed by atoms with Crippen LogP contribution in [0.4, 0.5) is 18.9 Å². The Hall–Kier alpha value is -2.32. The number of nitro groups is 1. The minimum absolute atomic E-state index is 0.126. The molecule has 2 aromatic rings. The van der Waals surface area contributed by atoms with Gasteiger partial charge in [-0.05, 0) is 24.3 Å². The molecule has 0 aliphatic heterocycles. The number of hydrogen-bond acceptors (Lipinski definition) is 4. The molecule has 0 aromatic heterocycles. The topological polar surface area (TPSA) is 69.4 Å². The summed E-state index contributed by atoms with van der Waals surface area (Å²) < 4.78 is 43.2. The number of benzene rings is 2. The van der Waals surface area contributed by atoms with Crippen molar-refractivity contribution >= 4 is 35.2 Å². The summed E-state index contributed by atoms with van der Waals surface area (Å²) in [7, 11) is 0. The van der Waals surface area contributed by atoms with Gasteiger partial charge in [-0.3, -0.25) is 14.9 Å². The molecule has 0 spiro atoms. The van der Waals surface area contributed by atoms with Crippen molar-refractivity contribution in [2.45, 2.75) is 6.18 Å². The Balaban J connectivity index is 2.51. The standard InChI is InChI=1S/C14H6Cl2F3NO4/c15-9-3-7(6-21)4-10(16)13(9)24-12-2-1-8(14(17,18)19)5-11(12)20(22)23/h1-6H. The van der Waals surface area contributed by atoms with Crippen LogP contribution in [0, 0.1) is 10.1 Å². The van der Waals surface area contributed by atoms with Crippen molar-refractivity contribution in [3.63, 3.8) is 0 Å². The normalized spacial score (nSPS) is 11.2. The quantitative estimate of drug-likeness (QED) is 0.398. The van der Waals surface area contributed by atoms with Gasteiger partial charge in [0.05, 0.1) is 20.5 Å². The lowest BCUT2D eigenvalue weighted by Crippen LogP contribution is -2.06. The van der Waals surface area contributed by atoms with Gasteiger partial charge in [0.25, 0.3) is 0 Å². The van der Waals surface area contributed by atoms with E-state index in [1.807, 2.05) is 0 Å². The van der Waals surface area contributed by atoms with Crippen LogP contribution in [0.1, 0.15) is 15.9 Å². The number of alkyl halides is 3. The Morgan fingerprint density at radius 2 is 1.71 bits per heavy atom. The molecule has 0 fully saturated rings. The lowest BCUT2D eigenvalue weighted by atomic mass is 10.2. The molecular weight excluding hydrogens is 374 g/mol. The maximum absolute atomic E-state index is 12.7. The first-order valence-electron chi connectivity index (χ1n) is 6.11. The minimum atomic E-state index is -4.75. The van der Waals surface area contributed by atoms with Gasteiger partial charge >= 0.3 is 11.9 Å². The number of hydrogen-bond donors (Lipinski definition) is 0. The predicted molar refractivity (Wildman–Crippen MR) is 80.0 cm³/mol. The first-order chi connectivity index (χ1) is 11.1. The van der Waals surface area contributed by atoms with Crippen LogP contribution in [0.15, 0.2) is 30.3 Å². The molecule has 2 rings (SSSR count). The molecule has 10 heteroatoms. The van der Waals surface area contributed by atoms with E-state index < -0.39 is 28.1 Å². The molecule has 0 atom stereocenters. The van der Waals surface area contributed by atoms with Gasteiger partial charge < -0.3 is 4.74 Å². The van der Waals surface area contributed by atoms with Crippen molar-refractivity contribution in [3.8, 4) is 11.5 Å². The molecule has 0 amide bonds. The third-order valence-corrected chi connectivity index (χ3v) is 3.41. The van der Waals surface area contributed by atoms with Crippen molar-refractivity contribution in [3.05, 3.63) is 61.6 Å². The molecule has 2 aromatic carbocycles. The van der Waals surface area contributed by atoms with Gasteiger partial charge in [-0.1, -0.05) is 23.2 Å². The third kappa shape index (κ3) is 3.77. The summed E-state index contributed by atoms with van der Waals surface area (Å²) in [6.07, 6.45) is -4.27. The van der Waals surface area contributed by atoms with E-state index in [1.54, 1.807) is 0 Å². The first-order valence-corrected chi connectivity index (χ1v) is 6.86. The van der Waals surface area contributed by atoms with Crippen molar-refractivity contribution < 1.29 is 27.6 Å². The third-order valence-electron chi connectivity index (χ3n) is 2.85. The van der Waals surface area contributed by atoms with E-state index >= 15 is 0 Å². The Labute approximate surface area is 142 Å². The molecular formula is C14H6Cl2F3NO4. The largest absolute Gasteiger partial charge is 0.447 e. The number of nitrogens with zero attached hydrogens (tertiary/aromatic N) is 1. The Morgan fingerprint density at radius 1 is 1.12 bits per heavy atom. The summed E-state index contributed by atoms with van der Waals surface area (Å²) in [5, 5.41) is 10.8. The van der Waals surface area contributed by atoms with E-state index in [0.29, 0.717) is 18.4 Å². The molecule has 24 heavy (non-hydrogen) atoms. The molecule has 0 aliphatic rings. The van der Waals surface area contributed by atoms with Crippen molar-refractivity contribution in [2.24, 2.45) is 0 Å². The maximum Gasteiger partial charge on any atom is 0.416 e. The number of carbonyl (C=O) groups is 1. The summed E-state index contributed by atoms with van der Waals surface area (Å²) >= 11 is 11.8. The highest BCUT2D eigenvalue weighted by molar-refractivity contribution is 6.37. The zero-order valence-electron chi connectivity index (χ0n) is 11.4. The highest BCUT2D eigenvalue weighted by Gasteiger charge is 2.33. The SMILES string of the molecule is O=Cc1cc(Cl)c(Oc2ccc(C(F)(F)F)cc2[N+](=O)[O-])c(Cl)c1. The van der Waals surface area contributed by atoms with Crippen LogP contribution in [-0.4, -0.2) is 11.2 Å². The summed E-state index contributed by atoms with van der Waals surface area (Å²) in [5.41, 5.74) is -1.97. The summed E-state index contributed by atoms with van der Waals surface area (Å²) in [6, 6.07) is 4.17. The average Bonchev–Trinajstić information content (AvgIpc) is 2.49. The Bertz CT molecular complexity index is 801. The maximum atomic E-state index is 12.7. The van der Waals surface area contributed by atoms with Gasteiger partial charge in [0.2, 0.25) is 5.75 Å². The molecule has 0 unspecified atom stereocenters. The van der Waals surface area contributed by atoms with E-state index in [9.17, 15) is 28.1 Å². The summed E-state index contributed by atoms with van der Waals surface area (Å²) in [5.74, 6) is -0.692. The van der Waals surface area contributed by atoms with Gasteiger partial charge in [-0.25, -0.2) is 0 Å². The van der Waals surface area contributed by atoms with Crippen LogP contribution in [0.25, 0.3) is 0 Å². The number of rotatable bonds is 4. The first kappa shape index (κ1) is 18.0. The number of nitro benzene ring substituents is 1. The van der Waals surface area contributed by atoms with E-state index in [2.05, 4.69) is 0 Å². The smallest absolute Gasteiger partial charge is 0.416 e. The van der Waals surface area contributed by atoms with Crippen molar-refractivity contribution in [1.82, 2.24) is 0 Å². The fourth-order valence-corrected chi connectivity index (χ4v) is 2.36. The lowest BCUT2D eigenvalue weighted by Gasteiger charge is -2.12. The van der Waals surface area contributed by atoms with Gasteiger partial charge in [-0.15, -0.1) is 0 Å². The van der Waals surface area contributed by atoms with Gasteiger partial charge in [0.1, 0.15) is 6.29 Å². The number of carbonyl (C=O) groups excluding carboxylic acids is 1. The molecule has 0 aliphatic carbocycles. The van der Waals surface area contributed by atoms with Crippen LogP contribution in [-0.2, 0) is 6.18 Å². The van der Waals surface area contributed by atoms with Crippen LogP contribution in [0.3, 0.4) is 0 Å². The van der Waals surface area contributed by atoms with Crippen LogP contribution in [0.5, 0.6) is 11.5 Å². The second kappa shape index (κ2) is 6.66. The molecule has 0 radical (unpaired) electrons. The fraction of sp³-hybridized carbons (Fsp3) is 0.0714. The molecule has 5 nitrogen and oxygen atoms in total. The molecule has 126 valence electrons. The van der Waals surface area contributed by atoms with Crippen LogP contribution >= 0.6 is 23.2 Å². The van der Waals surface area contributed by atoms with Crippen LogP contribution in [0.2, 0.25) is 10.0 Å².